The summed E-state index contributed by atoms with van der Waals surface area (Å²) in [6, 6.07) is 0. The van der Waals surface area contributed by atoms with Crippen molar-refractivity contribution in [3.63, 3.8) is 0 Å². The molecule has 5 rings (SSSR count). The van der Waals surface area contributed by atoms with Crippen molar-refractivity contribution in [3.8, 4) is 0 Å². The normalized spacial score (nSPS) is 55.9. The fourth-order valence-electron chi connectivity index (χ4n) is 9.05. The lowest BCUT2D eigenvalue weighted by molar-refractivity contribution is -0.168. The molecule has 0 amide bonds. The molecule has 162 valence electrons. The third kappa shape index (κ3) is 2.61. The van der Waals surface area contributed by atoms with Crippen LogP contribution in [0.2, 0.25) is 0 Å². The molecule has 0 aromatic carbocycles. The summed E-state index contributed by atoms with van der Waals surface area (Å²) in [5.74, 6) is 1.86. The highest BCUT2D eigenvalue weighted by Crippen LogP contribution is 2.70. The van der Waals surface area contributed by atoms with Gasteiger partial charge in [0.05, 0.1) is 0 Å². The molecule has 4 unspecified atom stereocenters. The van der Waals surface area contributed by atoms with Gasteiger partial charge in [0.25, 0.3) is 0 Å². The number of carbonyl (C=O) groups excluding carboxylic acids is 2. The molecular formula is C24H36O5. The topological polar surface area (TPSA) is 72.8 Å². The molecule has 5 heteroatoms. The maximum absolute atomic E-state index is 12.2. The first-order valence-electron chi connectivity index (χ1n) is 11.7. The minimum atomic E-state index is -1.34. The van der Waals surface area contributed by atoms with Gasteiger partial charge in [-0.25, -0.2) is 4.79 Å². The molecule has 0 spiro atoms. The van der Waals surface area contributed by atoms with Crippen LogP contribution in [-0.4, -0.2) is 34.9 Å². The van der Waals surface area contributed by atoms with Gasteiger partial charge in [-0.15, -0.1) is 0 Å². The Morgan fingerprint density at radius 2 is 1.76 bits per heavy atom. The van der Waals surface area contributed by atoms with E-state index in [0.29, 0.717) is 29.1 Å². The summed E-state index contributed by atoms with van der Waals surface area (Å²) in [6.07, 6.45) is 8.70. The molecule has 1 N–H and O–H groups in total. The van der Waals surface area contributed by atoms with Crippen LogP contribution in [0, 0.1) is 40.4 Å². The van der Waals surface area contributed by atoms with Gasteiger partial charge in [-0.05, 0) is 92.8 Å². The van der Waals surface area contributed by atoms with Crippen LogP contribution in [0.15, 0.2) is 0 Å². The standard InChI is InChI=1S/C24H36O5/c1-13(25)28-15-7-9-22(2)14(11-15)5-6-16-17(22)8-10-23(3)18(16)12-19-20(23)24(4,27)21(26)29-19/h14-20,27H,5-12H2,1-4H3/t14-,15?,16+,17-,18-,19?,20?,22-,23-,24?/m0/s1. The monoisotopic (exact) mass is 404 g/mol. The van der Waals surface area contributed by atoms with E-state index < -0.39 is 11.6 Å². The first kappa shape index (κ1) is 19.8. The summed E-state index contributed by atoms with van der Waals surface area (Å²) in [5.41, 5.74) is -1.04. The Labute approximate surface area is 173 Å². The summed E-state index contributed by atoms with van der Waals surface area (Å²) in [5, 5.41) is 11.0. The van der Waals surface area contributed by atoms with E-state index in [1.54, 1.807) is 6.92 Å². The Hall–Kier alpha value is -1.10. The van der Waals surface area contributed by atoms with Crippen molar-refractivity contribution in [1.29, 1.82) is 0 Å². The Bertz CT molecular complexity index is 731. The second kappa shape index (κ2) is 6.21. The lowest BCUT2D eigenvalue weighted by atomic mass is 9.44. The fraction of sp³-hybridized carbons (Fsp3) is 0.917. The van der Waals surface area contributed by atoms with Crippen LogP contribution in [0.1, 0.15) is 79.1 Å². The van der Waals surface area contributed by atoms with E-state index >= 15 is 0 Å². The predicted octanol–water partition coefficient (Wildman–Crippen LogP) is 3.86. The minimum absolute atomic E-state index is 0.0143. The van der Waals surface area contributed by atoms with Gasteiger partial charge < -0.3 is 14.6 Å². The highest BCUT2D eigenvalue weighted by Gasteiger charge is 2.70. The zero-order valence-corrected chi connectivity index (χ0v) is 18.3. The van der Waals surface area contributed by atoms with Gasteiger partial charge in [0.2, 0.25) is 0 Å². The zero-order valence-electron chi connectivity index (χ0n) is 18.3. The van der Waals surface area contributed by atoms with E-state index in [1.807, 2.05) is 0 Å². The van der Waals surface area contributed by atoms with Gasteiger partial charge >= 0.3 is 11.9 Å². The summed E-state index contributed by atoms with van der Waals surface area (Å²) in [4.78, 5) is 23.7. The number of esters is 2. The Kier molecular flexibility index (Phi) is 4.25. The molecule has 0 aromatic heterocycles. The average Bonchev–Trinajstić information content (AvgIpc) is 3.05. The molecule has 10 atom stereocenters. The number of aliphatic hydroxyl groups is 1. The molecular weight excluding hydrogens is 368 g/mol. The van der Waals surface area contributed by atoms with Crippen LogP contribution >= 0.6 is 0 Å². The maximum atomic E-state index is 12.2. The van der Waals surface area contributed by atoms with E-state index in [2.05, 4.69) is 13.8 Å². The molecule has 5 fully saturated rings. The molecule has 1 aliphatic heterocycles. The van der Waals surface area contributed by atoms with E-state index in [9.17, 15) is 14.7 Å². The fourth-order valence-corrected chi connectivity index (χ4v) is 9.05. The van der Waals surface area contributed by atoms with Crippen molar-refractivity contribution in [1.82, 2.24) is 0 Å². The third-order valence-electron chi connectivity index (χ3n) is 10.2. The first-order chi connectivity index (χ1) is 13.6. The molecule has 1 heterocycles. The van der Waals surface area contributed by atoms with Crippen molar-refractivity contribution >= 4 is 11.9 Å². The molecule has 1 saturated heterocycles. The van der Waals surface area contributed by atoms with E-state index in [-0.39, 0.29) is 29.5 Å². The molecule has 4 aliphatic carbocycles. The summed E-state index contributed by atoms with van der Waals surface area (Å²) >= 11 is 0. The first-order valence-corrected chi connectivity index (χ1v) is 11.7. The molecule has 0 bridgehead atoms. The number of carbonyl (C=O) groups is 2. The number of hydrogen-bond donors (Lipinski definition) is 1. The Balaban J connectivity index is 1.39. The SMILES string of the molecule is CC(=O)OC1CC[C@@]2(C)[C@@H](CC[C@@H]3[C@@H]2CC[C@]2(C)C4C(C[C@@H]32)OC(=O)C4(C)O)C1. The second-order valence-corrected chi connectivity index (χ2v) is 11.5. The smallest absolute Gasteiger partial charge is 0.338 e. The number of rotatable bonds is 1. The number of fused-ring (bicyclic) bond motifs is 7. The lowest BCUT2D eigenvalue weighted by Gasteiger charge is -2.61. The maximum Gasteiger partial charge on any atom is 0.338 e. The highest BCUT2D eigenvalue weighted by molar-refractivity contribution is 5.82. The average molecular weight is 405 g/mol. The summed E-state index contributed by atoms with van der Waals surface area (Å²) in [6.45, 7) is 8.01. The highest BCUT2D eigenvalue weighted by atomic mass is 16.6. The van der Waals surface area contributed by atoms with Gasteiger partial charge in [-0.3, -0.25) is 4.79 Å². The molecule has 29 heavy (non-hydrogen) atoms. The third-order valence-corrected chi connectivity index (χ3v) is 10.2. The van der Waals surface area contributed by atoms with E-state index in [0.717, 1.165) is 32.1 Å². The van der Waals surface area contributed by atoms with Crippen LogP contribution in [0.25, 0.3) is 0 Å². The molecule has 5 aliphatic rings. The van der Waals surface area contributed by atoms with Crippen LogP contribution in [0.4, 0.5) is 0 Å². The van der Waals surface area contributed by atoms with Gasteiger partial charge in [-0.2, -0.15) is 0 Å². The van der Waals surface area contributed by atoms with Gasteiger partial charge in [0, 0.05) is 12.8 Å². The number of ether oxygens (including phenoxy) is 2. The summed E-state index contributed by atoms with van der Waals surface area (Å²) < 4.78 is 11.3. The Morgan fingerprint density at radius 3 is 2.48 bits per heavy atom. The van der Waals surface area contributed by atoms with Crippen LogP contribution < -0.4 is 0 Å². The van der Waals surface area contributed by atoms with Crippen LogP contribution in [0.5, 0.6) is 0 Å². The lowest BCUT2D eigenvalue weighted by Crippen LogP contribution is -2.56. The largest absolute Gasteiger partial charge is 0.463 e. The van der Waals surface area contributed by atoms with Crippen molar-refractivity contribution in [2.45, 2.75) is 96.9 Å². The molecule has 0 aromatic rings. The van der Waals surface area contributed by atoms with Gasteiger partial charge in [-0.1, -0.05) is 13.8 Å². The minimum Gasteiger partial charge on any atom is -0.463 e. The van der Waals surface area contributed by atoms with E-state index in [1.165, 1.54) is 26.2 Å². The predicted molar refractivity (Wildman–Crippen MR) is 107 cm³/mol. The van der Waals surface area contributed by atoms with E-state index in [4.69, 9.17) is 9.47 Å². The summed E-state index contributed by atoms with van der Waals surface area (Å²) in [7, 11) is 0. The second-order valence-electron chi connectivity index (χ2n) is 11.5. The number of hydrogen-bond acceptors (Lipinski definition) is 5. The van der Waals surface area contributed by atoms with Gasteiger partial charge in [0.1, 0.15) is 12.2 Å². The zero-order chi connectivity index (χ0) is 20.8. The molecule has 4 saturated carbocycles. The quantitative estimate of drug-likeness (QED) is 0.672. The molecule has 0 radical (unpaired) electrons. The van der Waals surface area contributed by atoms with Gasteiger partial charge in [0.15, 0.2) is 5.60 Å². The van der Waals surface area contributed by atoms with Crippen molar-refractivity contribution < 1.29 is 24.2 Å². The van der Waals surface area contributed by atoms with Crippen LogP contribution in [0.3, 0.4) is 0 Å². The Morgan fingerprint density at radius 1 is 1.03 bits per heavy atom. The van der Waals surface area contributed by atoms with Crippen molar-refractivity contribution in [2.24, 2.45) is 40.4 Å². The van der Waals surface area contributed by atoms with Crippen LogP contribution in [-0.2, 0) is 19.1 Å². The van der Waals surface area contributed by atoms with Crippen molar-refractivity contribution in [3.05, 3.63) is 0 Å². The molecule has 5 nitrogen and oxygen atoms in total. The van der Waals surface area contributed by atoms with Crippen molar-refractivity contribution in [2.75, 3.05) is 0 Å².